The summed E-state index contributed by atoms with van der Waals surface area (Å²) in [7, 11) is 0. The highest BCUT2D eigenvalue weighted by atomic mass is 79.9. The molecule has 2 saturated heterocycles. The van der Waals surface area contributed by atoms with Gasteiger partial charge >= 0.3 is 0 Å². The highest BCUT2D eigenvalue weighted by Crippen LogP contribution is 2.38. The first-order chi connectivity index (χ1) is 17.2. The highest BCUT2D eigenvalue weighted by Gasteiger charge is 2.33. The van der Waals surface area contributed by atoms with Crippen LogP contribution in [0.15, 0.2) is 34.9 Å². The number of nitrogens with one attached hydrogen (secondary N) is 1. The average molecular weight is 581 g/mol. The van der Waals surface area contributed by atoms with Gasteiger partial charge < -0.3 is 24.5 Å². The second-order valence-corrected chi connectivity index (χ2v) is 13.3. The smallest absolute Gasteiger partial charge is 0.157 e. The molecule has 2 aliphatic heterocycles. The van der Waals surface area contributed by atoms with Crippen LogP contribution in [-0.4, -0.2) is 47.0 Å². The Morgan fingerprint density at radius 3 is 2.53 bits per heavy atom. The van der Waals surface area contributed by atoms with E-state index >= 15 is 0 Å². The Kier molecular flexibility index (Phi) is 9.71. The van der Waals surface area contributed by atoms with E-state index in [4.69, 9.17) is 19.9 Å². The maximum Gasteiger partial charge on any atom is 0.157 e. The van der Waals surface area contributed by atoms with Gasteiger partial charge in [0.15, 0.2) is 6.29 Å². The van der Waals surface area contributed by atoms with Crippen molar-refractivity contribution >= 4 is 33.1 Å². The van der Waals surface area contributed by atoms with Crippen molar-refractivity contribution in [2.24, 2.45) is 0 Å². The van der Waals surface area contributed by atoms with E-state index in [1.807, 2.05) is 26.8 Å². The fourth-order valence-corrected chi connectivity index (χ4v) is 5.84. The Morgan fingerprint density at radius 1 is 1.14 bits per heavy atom. The number of anilines is 1. The topological polar surface area (TPSA) is 102 Å². The zero-order chi connectivity index (χ0) is 25.7. The fraction of sp³-hybridized carbons (Fsp3) is 0.593. The van der Waals surface area contributed by atoms with Crippen LogP contribution in [-0.2, 0) is 25.6 Å². The van der Waals surface area contributed by atoms with Gasteiger partial charge in [0.2, 0.25) is 0 Å². The molecular weight excluding hydrogens is 542 g/mol. The van der Waals surface area contributed by atoms with Gasteiger partial charge in [-0.05, 0) is 97.1 Å². The van der Waals surface area contributed by atoms with Crippen LogP contribution in [0.1, 0.15) is 76.0 Å². The summed E-state index contributed by atoms with van der Waals surface area (Å²) in [6.07, 6.45) is 5.93. The van der Waals surface area contributed by atoms with Gasteiger partial charge in [0.25, 0.3) is 0 Å². The summed E-state index contributed by atoms with van der Waals surface area (Å²) in [6.45, 7) is 8.94. The predicted octanol–water partition coefficient (Wildman–Crippen LogP) is 5.62. The van der Waals surface area contributed by atoms with E-state index in [9.17, 15) is 4.55 Å². The quantitative estimate of drug-likeness (QED) is 0.391. The van der Waals surface area contributed by atoms with E-state index in [-0.39, 0.29) is 12.3 Å². The molecule has 0 bridgehead atoms. The van der Waals surface area contributed by atoms with Crippen LogP contribution in [0.2, 0.25) is 0 Å². The maximum absolute atomic E-state index is 13.3. The van der Waals surface area contributed by atoms with Gasteiger partial charge in [0.1, 0.15) is 10.6 Å². The number of rotatable bonds is 8. The molecule has 36 heavy (non-hydrogen) atoms. The first-order valence-electron chi connectivity index (χ1n) is 12.8. The molecule has 4 rings (SSSR count). The van der Waals surface area contributed by atoms with Crippen LogP contribution in [0.5, 0.6) is 0 Å². The largest absolute Gasteiger partial charge is 0.598 e. The third kappa shape index (κ3) is 7.22. The van der Waals surface area contributed by atoms with Crippen LogP contribution in [0, 0.1) is 0 Å². The minimum atomic E-state index is -1.24. The van der Waals surface area contributed by atoms with Gasteiger partial charge in [-0.15, -0.1) is 4.72 Å². The van der Waals surface area contributed by atoms with Crippen LogP contribution < -0.4 is 10.5 Å². The van der Waals surface area contributed by atoms with Crippen molar-refractivity contribution in [1.82, 2.24) is 9.71 Å². The van der Waals surface area contributed by atoms with Gasteiger partial charge in [-0.3, -0.25) is 0 Å². The van der Waals surface area contributed by atoms with Gasteiger partial charge in [0, 0.05) is 42.8 Å². The van der Waals surface area contributed by atoms with Crippen LogP contribution >= 0.6 is 15.9 Å². The number of nitrogen functional groups attached to an aromatic ring is 1. The normalized spacial score (nSPS) is 19.8. The molecule has 198 valence electrons. The van der Waals surface area contributed by atoms with Crippen molar-refractivity contribution in [1.29, 1.82) is 0 Å². The van der Waals surface area contributed by atoms with E-state index in [1.54, 1.807) is 6.20 Å². The summed E-state index contributed by atoms with van der Waals surface area (Å²) < 4.78 is 34.5. The molecule has 1 unspecified atom stereocenters. The Balaban J connectivity index is 1.72. The molecule has 0 spiro atoms. The molecule has 2 aliphatic rings. The Morgan fingerprint density at radius 2 is 1.86 bits per heavy atom. The first-order valence-corrected chi connectivity index (χ1v) is 14.7. The summed E-state index contributed by atoms with van der Waals surface area (Å²) in [5, 5.41) is 0. The van der Waals surface area contributed by atoms with Gasteiger partial charge in [-0.25, -0.2) is 4.98 Å². The molecule has 2 atom stereocenters. The van der Waals surface area contributed by atoms with E-state index in [0.717, 1.165) is 74.1 Å². The van der Waals surface area contributed by atoms with Crippen LogP contribution in [0.25, 0.3) is 11.1 Å². The van der Waals surface area contributed by atoms with E-state index in [2.05, 4.69) is 43.8 Å². The van der Waals surface area contributed by atoms with E-state index in [1.165, 1.54) is 11.1 Å². The molecule has 0 saturated carbocycles. The Bertz CT molecular complexity index is 1010. The summed E-state index contributed by atoms with van der Waals surface area (Å²) in [6, 6.07) is 8.48. The lowest BCUT2D eigenvalue weighted by molar-refractivity contribution is -0.182. The monoisotopic (exact) mass is 579 g/mol. The number of benzene rings is 1. The minimum Gasteiger partial charge on any atom is -0.598 e. The molecule has 0 amide bonds. The maximum atomic E-state index is 13.3. The van der Waals surface area contributed by atoms with Crippen molar-refractivity contribution in [3.05, 3.63) is 46.1 Å². The number of ether oxygens (including phenoxy) is 3. The summed E-state index contributed by atoms with van der Waals surface area (Å²) >= 11 is 2.27. The third-order valence-corrected chi connectivity index (χ3v) is 8.97. The zero-order valence-corrected chi connectivity index (χ0v) is 23.8. The molecule has 2 fully saturated rings. The molecule has 1 aromatic heterocycles. The summed E-state index contributed by atoms with van der Waals surface area (Å²) in [5.74, 6) is 0.860. The second kappa shape index (κ2) is 12.6. The number of nitrogens with two attached hydrogens (primary N) is 1. The van der Waals surface area contributed by atoms with Crippen molar-refractivity contribution < 1.29 is 18.8 Å². The van der Waals surface area contributed by atoms with E-state index in [0.29, 0.717) is 11.7 Å². The molecule has 0 aliphatic carbocycles. The highest BCUT2D eigenvalue weighted by molar-refractivity contribution is 9.10. The van der Waals surface area contributed by atoms with Gasteiger partial charge in [0.05, 0.1) is 23.7 Å². The van der Waals surface area contributed by atoms with E-state index < -0.39 is 16.1 Å². The van der Waals surface area contributed by atoms with Crippen molar-refractivity contribution in [2.45, 2.75) is 75.9 Å². The van der Waals surface area contributed by atoms with Crippen molar-refractivity contribution in [3.8, 4) is 11.1 Å². The van der Waals surface area contributed by atoms with Gasteiger partial charge in [-0.1, -0.05) is 12.1 Å². The summed E-state index contributed by atoms with van der Waals surface area (Å²) in [5.41, 5.74) is 10.4. The Hall–Kier alpha value is -1.20. The first kappa shape index (κ1) is 27.8. The number of aromatic nitrogens is 1. The molecule has 2 aromatic rings. The molecule has 7 nitrogen and oxygen atoms in total. The number of halogens is 1. The number of hydrogen-bond acceptors (Lipinski definition) is 7. The van der Waals surface area contributed by atoms with Crippen molar-refractivity contribution in [3.63, 3.8) is 0 Å². The minimum absolute atomic E-state index is 0.123. The molecule has 3 heterocycles. The van der Waals surface area contributed by atoms with Gasteiger partial charge in [-0.2, -0.15) is 0 Å². The third-order valence-electron chi connectivity index (χ3n) is 6.72. The molecule has 1 aromatic carbocycles. The fourth-order valence-electron chi connectivity index (χ4n) is 4.63. The molecule has 0 radical (unpaired) electrons. The standard InChI is InChI=1S/C27H38BrN3O4S/c1-27(2,3)36(32)31-24(7-8-25-34-11-4-12-35-25)22-15-19(20-16-23(28)26(29)30-17-20)5-6-21(22)18-9-13-33-14-10-18/h5-6,15-18,24-25,31H,4,7-14H2,1-3H3,(H2,29,30)/t24-,36?/m0/s1. The lowest BCUT2D eigenvalue weighted by Crippen LogP contribution is -2.42. The second-order valence-electron chi connectivity index (χ2n) is 10.5. The predicted molar refractivity (Wildman–Crippen MR) is 148 cm³/mol. The average Bonchev–Trinajstić information content (AvgIpc) is 2.88. The molecule has 9 heteroatoms. The number of nitrogens with zero attached hydrogens (tertiary/aromatic N) is 1. The molecular formula is C27H38BrN3O4S. The summed E-state index contributed by atoms with van der Waals surface area (Å²) in [4.78, 5) is 4.34. The van der Waals surface area contributed by atoms with Crippen LogP contribution in [0.4, 0.5) is 5.82 Å². The molecule has 3 N–H and O–H groups in total. The van der Waals surface area contributed by atoms with Crippen LogP contribution in [0.3, 0.4) is 0 Å². The lowest BCUT2D eigenvalue weighted by Gasteiger charge is -2.32. The number of hydrogen-bond donors (Lipinski definition) is 2. The van der Waals surface area contributed by atoms with Crippen molar-refractivity contribution in [2.75, 3.05) is 32.2 Å². The Labute approximate surface area is 226 Å². The lowest BCUT2D eigenvalue weighted by atomic mass is 9.83. The number of pyridine rings is 1. The SMILES string of the molecule is CC(C)(C)[S+]([O-])N[C@@H](CCC1OCCCO1)c1cc(-c2cnc(N)c(Br)c2)ccc1C1CCOCC1. The zero-order valence-electron chi connectivity index (χ0n) is 21.4.